The largest absolute Gasteiger partial charge is 0.306 e. The van der Waals surface area contributed by atoms with Crippen LogP contribution in [-0.2, 0) is 0 Å². The van der Waals surface area contributed by atoms with E-state index in [1.54, 1.807) is 0 Å². The number of rotatable bonds is 8. The molecule has 0 aromatic heterocycles. The monoisotopic (exact) mass is 329 g/mol. The molecule has 1 nitrogen and oxygen atoms in total. The molecule has 0 N–H and O–H groups in total. The van der Waals surface area contributed by atoms with Crippen LogP contribution < -0.4 is 0 Å². The number of thioether (sulfide) groups is 1. The van der Waals surface area contributed by atoms with Gasteiger partial charge in [-0.05, 0) is 41.5 Å². The summed E-state index contributed by atoms with van der Waals surface area (Å²) in [4.78, 5) is 2.50. The number of nitrogens with zero attached hydrogens (tertiary/aromatic N) is 1. The maximum absolute atomic E-state index is 2.50. The van der Waals surface area contributed by atoms with Gasteiger partial charge in [0.1, 0.15) is 0 Å². The zero-order valence-electron chi connectivity index (χ0n) is 17.6. The Morgan fingerprint density at radius 1 is 0.864 bits per heavy atom. The van der Waals surface area contributed by atoms with Crippen molar-refractivity contribution < 1.29 is 0 Å². The van der Waals surface area contributed by atoms with Crippen molar-refractivity contribution >= 4 is 11.8 Å². The van der Waals surface area contributed by atoms with Crippen molar-refractivity contribution in [2.45, 2.75) is 92.6 Å². The molecule has 0 saturated carbocycles. The normalized spacial score (nSPS) is 15.0. The summed E-state index contributed by atoms with van der Waals surface area (Å²) < 4.78 is 0.271. The van der Waals surface area contributed by atoms with E-state index in [4.69, 9.17) is 0 Å². The fraction of sp³-hybridized carbons (Fsp3) is 1.00. The van der Waals surface area contributed by atoms with Crippen molar-refractivity contribution in [2.75, 3.05) is 20.1 Å². The first-order chi connectivity index (χ1) is 9.52. The Kier molecular flexibility index (Phi) is 7.57. The summed E-state index contributed by atoms with van der Waals surface area (Å²) >= 11 is 2.12. The quantitative estimate of drug-likeness (QED) is 0.512. The Balaban J connectivity index is 4.90. The maximum atomic E-state index is 2.50. The average Bonchev–Trinajstić information content (AvgIpc) is 2.21. The third-order valence-electron chi connectivity index (χ3n) is 5.59. The van der Waals surface area contributed by atoms with Crippen molar-refractivity contribution in [3.05, 3.63) is 0 Å². The topological polar surface area (TPSA) is 3.24 Å². The molecule has 0 aliphatic rings. The molecular formula is C20H43NS. The van der Waals surface area contributed by atoms with E-state index in [9.17, 15) is 0 Å². The summed E-state index contributed by atoms with van der Waals surface area (Å²) in [7, 11) is 2.27. The van der Waals surface area contributed by atoms with Gasteiger partial charge in [-0.1, -0.05) is 76.2 Å². The van der Waals surface area contributed by atoms with Crippen LogP contribution in [0.2, 0.25) is 0 Å². The van der Waals surface area contributed by atoms with Crippen LogP contribution in [-0.4, -0.2) is 35.0 Å². The molecule has 0 heterocycles. The van der Waals surface area contributed by atoms with Gasteiger partial charge >= 0.3 is 0 Å². The molecule has 0 aromatic carbocycles. The van der Waals surface area contributed by atoms with E-state index in [0.29, 0.717) is 16.1 Å². The highest BCUT2D eigenvalue weighted by Crippen LogP contribution is 2.54. The first-order valence-corrected chi connectivity index (χ1v) is 9.76. The highest BCUT2D eigenvalue weighted by atomic mass is 32.2. The van der Waals surface area contributed by atoms with Crippen LogP contribution in [0.5, 0.6) is 0 Å². The van der Waals surface area contributed by atoms with Gasteiger partial charge in [0.05, 0.1) is 0 Å². The van der Waals surface area contributed by atoms with Crippen LogP contribution in [0.4, 0.5) is 0 Å². The highest BCUT2D eigenvalue weighted by Gasteiger charge is 2.48. The van der Waals surface area contributed by atoms with Gasteiger partial charge in [-0.25, -0.2) is 0 Å². The van der Waals surface area contributed by atoms with E-state index in [2.05, 4.69) is 99.9 Å². The molecule has 0 aliphatic carbocycles. The standard InChI is InChI=1S/C20H43NS/c1-16(2)22-20(10,11)19(8,9)18(6,7)13-14-21(12)15-17(3,4)5/h16H,13-15H2,1-12H3. The minimum absolute atomic E-state index is 0.271. The van der Waals surface area contributed by atoms with Crippen LogP contribution >= 0.6 is 11.8 Å². The molecule has 0 spiro atoms. The predicted octanol–water partition coefficient (Wildman–Crippen LogP) is 6.33. The molecule has 2 heteroatoms. The predicted molar refractivity (Wildman–Crippen MR) is 106 cm³/mol. The van der Waals surface area contributed by atoms with Gasteiger partial charge in [0.25, 0.3) is 0 Å². The van der Waals surface area contributed by atoms with Gasteiger partial charge in [-0.15, -0.1) is 0 Å². The van der Waals surface area contributed by atoms with Crippen LogP contribution in [0.25, 0.3) is 0 Å². The Bertz CT molecular complexity index is 334. The van der Waals surface area contributed by atoms with Gasteiger partial charge in [0.2, 0.25) is 0 Å². The minimum atomic E-state index is 0.271. The lowest BCUT2D eigenvalue weighted by Gasteiger charge is -2.53. The van der Waals surface area contributed by atoms with Crippen LogP contribution in [0.1, 0.15) is 82.6 Å². The Morgan fingerprint density at radius 2 is 1.32 bits per heavy atom. The van der Waals surface area contributed by atoms with Crippen molar-refractivity contribution in [2.24, 2.45) is 16.2 Å². The first-order valence-electron chi connectivity index (χ1n) is 8.88. The van der Waals surface area contributed by atoms with E-state index >= 15 is 0 Å². The SMILES string of the molecule is CC(C)SC(C)(C)C(C)(C)C(C)(C)CCN(C)CC(C)(C)C. The lowest BCUT2D eigenvalue weighted by molar-refractivity contribution is 0.0522. The molecule has 0 fully saturated rings. The fourth-order valence-electron chi connectivity index (χ4n) is 3.22. The zero-order chi connectivity index (χ0) is 18.0. The third-order valence-corrected chi connectivity index (χ3v) is 7.16. The molecule has 0 radical (unpaired) electrons. The van der Waals surface area contributed by atoms with Gasteiger partial charge in [0.15, 0.2) is 0 Å². The first kappa shape index (κ1) is 22.3. The van der Waals surface area contributed by atoms with E-state index in [0.717, 1.165) is 6.54 Å². The summed E-state index contributed by atoms with van der Waals surface area (Å²) in [6, 6.07) is 0. The van der Waals surface area contributed by atoms with Gasteiger partial charge in [0, 0.05) is 11.3 Å². The van der Waals surface area contributed by atoms with E-state index < -0.39 is 0 Å². The average molecular weight is 330 g/mol. The molecule has 0 aromatic rings. The molecular weight excluding hydrogens is 286 g/mol. The molecule has 0 unspecified atom stereocenters. The maximum Gasteiger partial charge on any atom is 0.0162 e. The Labute approximate surface area is 146 Å². The Hall–Kier alpha value is 0.310. The number of hydrogen-bond donors (Lipinski definition) is 0. The van der Waals surface area contributed by atoms with Crippen LogP contribution in [0, 0.1) is 16.2 Å². The van der Waals surface area contributed by atoms with Crippen molar-refractivity contribution in [3.63, 3.8) is 0 Å². The number of hydrogen-bond acceptors (Lipinski definition) is 2. The van der Waals surface area contributed by atoms with Crippen molar-refractivity contribution in [1.29, 1.82) is 0 Å². The fourth-order valence-corrected chi connectivity index (χ4v) is 4.97. The second-order valence-electron chi connectivity index (χ2n) is 10.2. The summed E-state index contributed by atoms with van der Waals surface area (Å²) in [5, 5.41) is 0.675. The molecule has 134 valence electrons. The molecule has 0 rings (SSSR count). The second kappa shape index (κ2) is 7.47. The summed E-state index contributed by atoms with van der Waals surface area (Å²) in [5.74, 6) is 0. The van der Waals surface area contributed by atoms with Gasteiger partial charge < -0.3 is 4.90 Å². The highest BCUT2D eigenvalue weighted by molar-refractivity contribution is 8.01. The molecule has 22 heavy (non-hydrogen) atoms. The summed E-state index contributed by atoms with van der Waals surface area (Å²) in [6.45, 7) is 28.6. The second-order valence-corrected chi connectivity index (χ2v) is 12.4. The van der Waals surface area contributed by atoms with Gasteiger partial charge in [-0.3, -0.25) is 0 Å². The smallest absolute Gasteiger partial charge is 0.0162 e. The summed E-state index contributed by atoms with van der Waals surface area (Å²) in [5.41, 5.74) is 0.962. The molecule has 0 bridgehead atoms. The van der Waals surface area contributed by atoms with Gasteiger partial charge in [-0.2, -0.15) is 11.8 Å². The van der Waals surface area contributed by atoms with Crippen LogP contribution in [0.3, 0.4) is 0 Å². The molecule has 0 aliphatic heterocycles. The lowest BCUT2D eigenvalue weighted by atomic mass is 9.60. The van der Waals surface area contributed by atoms with E-state index in [1.807, 2.05) is 0 Å². The van der Waals surface area contributed by atoms with Crippen molar-refractivity contribution in [1.82, 2.24) is 4.90 Å². The molecule has 0 amide bonds. The van der Waals surface area contributed by atoms with Crippen LogP contribution in [0.15, 0.2) is 0 Å². The Morgan fingerprint density at radius 3 is 1.68 bits per heavy atom. The lowest BCUT2D eigenvalue weighted by Crippen LogP contribution is -2.49. The zero-order valence-corrected chi connectivity index (χ0v) is 18.4. The minimum Gasteiger partial charge on any atom is -0.306 e. The van der Waals surface area contributed by atoms with E-state index in [-0.39, 0.29) is 10.2 Å². The van der Waals surface area contributed by atoms with E-state index in [1.165, 1.54) is 13.0 Å². The molecule has 0 atom stereocenters. The third kappa shape index (κ3) is 6.43. The van der Waals surface area contributed by atoms with Crippen molar-refractivity contribution in [3.8, 4) is 0 Å². The molecule has 0 saturated heterocycles. The summed E-state index contributed by atoms with van der Waals surface area (Å²) in [6.07, 6.45) is 1.24.